The molecule has 9 heteroatoms. The highest BCUT2D eigenvalue weighted by Crippen LogP contribution is 2.32. The van der Waals surface area contributed by atoms with Gasteiger partial charge in [-0.25, -0.2) is 8.42 Å². The Morgan fingerprint density at radius 3 is 2.52 bits per heavy atom. The number of hydrogen-bond donors (Lipinski definition) is 1. The first-order chi connectivity index (χ1) is 15.9. The van der Waals surface area contributed by atoms with Crippen LogP contribution in [0, 0.1) is 0 Å². The van der Waals surface area contributed by atoms with Crippen LogP contribution in [0.25, 0.3) is 0 Å². The summed E-state index contributed by atoms with van der Waals surface area (Å²) in [5.41, 5.74) is 1.47. The Labute approximate surface area is 195 Å². The molecule has 2 aromatic rings. The molecule has 2 fully saturated rings. The largest absolute Gasteiger partial charge is 0.497 e. The number of carbonyl (C=O) groups excluding carboxylic acids is 1. The molecule has 1 N–H and O–H groups in total. The van der Waals surface area contributed by atoms with Crippen LogP contribution in [0.15, 0.2) is 47.4 Å². The molecule has 0 atom stereocenters. The fraction of sp³-hybridized carbons (Fsp3) is 0.458. The number of benzene rings is 2. The molecule has 1 aliphatic heterocycles. The maximum Gasteiger partial charge on any atom is 0.243 e. The number of methoxy groups -OCH3 is 2. The lowest BCUT2D eigenvalue weighted by Crippen LogP contribution is -2.34. The number of carbonyl (C=O) groups is 1. The second kappa shape index (κ2) is 10.1. The number of hydrogen-bond acceptors (Lipinski definition) is 6. The monoisotopic (exact) mass is 473 g/mol. The van der Waals surface area contributed by atoms with Crippen molar-refractivity contribution >= 4 is 21.6 Å². The first kappa shape index (κ1) is 23.5. The Morgan fingerprint density at radius 2 is 1.85 bits per heavy atom. The minimum absolute atomic E-state index is 0.176. The second-order valence-corrected chi connectivity index (χ2v) is 10.4. The van der Waals surface area contributed by atoms with Crippen LogP contribution >= 0.6 is 0 Å². The molecule has 1 amide bonds. The predicted molar refractivity (Wildman–Crippen MR) is 126 cm³/mol. The van der Waals surface area contributed by atoms with Crippen LogP contribution < -0.4 is 14.8 Å². The molecule has 4 rings (SSSR count). The average molecular weight is 474 g/mol. The first-order valence-electron chi connectivity index (χ1n) is 11.3. The van der Waals surface area contributed by atoms with Gasteiger partial charge in [-0.05, 0) is 49.9 Å². The summed E-state index contributed by atoms with van der Waals surface area (Å²) in [6.07, 6.45) is 3.86. The van der Waals surface area contributed by atoms with Gasteiger partial charge in [0.05, 0.1) is 25.7 Å². The maximum atomic E-state index is 12.9. The number of ether oxygens (including phenoxy) is 2. The Kier molecular flexibility index (Phi) is 7.21. The van der Waals surface area contributed by atoms with Crippen molar-refractivity contribution in [1.82, 2.24) is 9.21 Å². The average Bonchev–Trinajstić information content (AvgIpc) is 3.51. The molecule has 0 radical (unpaired) electrons. The SMILES string of the molecule is COc1ccc(CN(CC(=O)Nc2cccc(S(=O)(=O)N3CCCC3)c2)C2CC2)c(OC)c1. The summed E-state index contributed by atoms with van der Waals surface area (Å²) in [4.78, 5) is 15.2. The lowest BCUT2D eigenvalue weighted by atomic mass is 10.1. The van der Waals surface area contributed by atoms with Crippen molar-refractivity contribution in [2.24, 2.45) is 0 Å². The van der Waals surface area contributed by atoms with E-state index in [1.165, 1.54) is 4.31 Å². The lowest BCUT2D eigenvalue weighted by molar-refractivity contribution is -0.117. The summed E-state index contributed by atoms with van der Waals surface area (Å²) in [6.45, 7) is 1.88. The molecular weight excluding hydrogens is 442 g/mol. The Balaban J connectivity index is 1.43. The van der Waals surface area contributed by atoms with Gasteiger partial charge in [0.2, 0.25) is 15.9 Å². The molecular formula is C24H31N3O5S. The second-order valence-electron chi connectivity index (χ2n) is 8.50. The van der Waals surface area contributed by atoms with Gasteiger partial charge >= 0.3 is 0 Å². The number of nitrogens with one attached hydrogen (secondary N) is 1. The zero-order valence-corrected chi connectivity index (χ0v) is 19.9. The molecule has 2 aromatic carbocycles. The molecule has 0 aromatic heterocycles. The zero-order chi connectivity index (χ0) is 23.4. The smallest absolute Gasteiger partial charge is 0.243 e. The third-order valence-electron chi connectivity index (χ3n) is 6.10. The van der Waals surface area contributed by atoms with Crippen LogP contribution in [-0.2, 0) is 21.4 Å². The van der Waals surface area contributed by atoms with Crippen LogP contribution in [0.3, 0.4) is 0 Å². The van der Waals surface area contributed by atoms with Crippen LogP contribution in [0.2, 0.25) is 0 Å². The van der Waals surface area contributed by atoms with Crippen molar-refractivity contribution in [3.63, 3.8) is 0 Å². The fourth-order valence-corrected chi connectivity index (χ4v) is 5.72. The molecule has 0 unspecified atom stereocenters. The van der Waals surface area contributed by atoms with Gasteiger partial charge in [-0.15, -0.1) is 0 Å². The minimum atomic E-state index is -3.53. The van der Waals surface area contributed by atoms with Gasteiger partial charge < -0.3 is 14.8 Å². The van der Waals surface area contributed by atoms with Gasteiger partial charge in [0.15, 0.2) is 0 Å². The number of sulfonamides is 1. The van der Waals surface area contributed by atoms with Crippen LogP contribution in [0.1, 0.15) is 31.2 Å². The molecule has 0 spiro atoms. The number of rotatable bonds is 10. The van der Waals surface area contributed by atoms with E-state index in [4.69, 9.17) is 9.47 Å². The van der Waals surface area contributed by atoms with E-state index in [9.17, 15) is 13.2 Å². The molecule has 0 bridgehead atoms. The molecule has 1 saturated heterocycles. The first-order valence-corrected chi connectivity index (χ1v) is 12.7. The van der Waals surface area contributed by atoms with E-state index in [0.29, 0.717) is 31.4 Å². The lowest BCUT2D eigenvalue weighted by Gasteiger charge is -2.23. The molecule has 1 saturated carbocycles. The van der Waals surface area contributed by atoms with Crippen molar-refractivity contribution in [2.45, 2.75) is 43.2 Å². The number of anilines is 1. The third-order valence-corrected chi connectivity index (χ3v) is 7.99. The minimum Gasteiger partial charge on any atom is -0.497 e. The molecule has 8 nitrogen and oxygen atoms in total. The highest BCUT2D eigenvalue weighted by molar-refractivity contribution is 7.89. The van der Waals surface area contributed by atoms with Gasteiger partial charge in [-0.1, -0.05) is 12.1 Å². The highest BCUT2D eigenvalue weighted by atomic mass is 32.2. The van der Waals surface area contributed by atoms with Gasteiger partial charge in [0, 0.05) is 43.0 Å². The van der Waals surface area contributed by atoms with Crippen LogP contribution in [0.4, 0.5) is 5.69 Å². The van der Waals surface area contributed by atoms with Gasteiger partial charge in [-0.2, -0.15) is 4.31 Å². The van der Waals surface area contributed by atoms with E-state index in [0.717, 1.165) is 42.7 Å². The number of nitrogens with zero attached hydrogens (tertiary/aromatic N) is 2. The van der Waals surface area contributed by atoms with Crippen molar-refractivity contribution in [3.05, 3.63) is 48.0 Å². The summed E-state index contributed by atoms with van der Waals surface area (Å²) in [5, 5.41) is 2.88. The van der Waals surface area contributed by atoms with E-state index in [2.05, 4.69) is 10.2 Å². The normalized spacial score (nSPS) is 16.7. The van der Waals surface area contributed by atoms with E-state index in [1.54, 1.807) is 38.5 Å². The Bertz CT molecular complexity index is 1100. The van der Waals surface area contributed by atoms with Gasteiger partial charge in [0.25, 0.3) is 0 Å². The van der Waals surface area contributed by atoms with Crippen molar-refractivity contribution in [3.8, 4) is 11.5 Å². The van der Waals surface area contributed by atoms with Gasteiger partial charge in [0.1, 0.15) is 11.5 Å². The summed E-state index contributed by atoms with van der Waals surface area (Å²) >= 11 is 0. The number of amides is 1. The molecule has 2 aliphatic rings. The summed E-state index contributed by atoms with van der Waals surface area (Å²) in [5.74, 6) is 1.26. The van der Waals surface area contributed by atoms with Crippen molar-refractivity contribution in [1.29, 1.82) is 0 Å². The highest BCUT2D eigenvalue weighted by Gasteiger charge is 2.31. The molecule has 1 heterocycles. The quantitative estimate of drug-likeness (QED) is 0.571. The van der Waals surface area contributed by atoms with E-state index in [-0.39, 0.29) is 17.3 Å². The Hall–Kier alpha value is -2.62. The van der Waals surface area contributed by atoms with Gasteiger partial charge in [-0.3, -0.25) is 9.69 Å². The summed E-state index contributed by atoms with van der Waals surface area (Å²) in [6, 6.07) is 12.5. The predicted octanol–water partition coefficient (Wildman–Crippen LogP) is 3.09. The Morgan fingerprint density at radius 1 is 1.09 bits per heavy atom. The standard InChI is InChI=1S/C24H31N3O5S/c1-31-21-11-8-18(23(15-21)32-2)16-26(20-9-10-20)17-24(28)25-19-6-5-7-22(14-19)33(29,30)27-12-3-4-13-27/h5-8,11,14-15,20H,3-4,9-10,12-13,16-17H2,1-2H3,(H,25,28). The zero-order valence-electron chi connectivity index (χ0n) is 19.1. The van der Waals surface area contributed by atoms with E-state index in [1.807, 2.05) is 18.2 Å². The van der Waals surface area contributed by atoms with Crippen LogP contribution in [-0.4, -0.2) is 63.4 Å². The summed E-state index contributed by atoms with van der Waals surface area (Å²) in [7, 11) is -0.298. The van der Waals surface area contributed by atoms with Crippen LogP contribution in [0.5, 0.6) is 11.5 Å². The maximum absolute atomic E-state index is 12.9. The van der Waals surface area contributed by atoms with E-state index < -0.39 is 10.0 Å². The van der Waals surface area contributed by atoms with Crippen molar-refractivity contribution < 1.29 is 22.7 Å². The molecule has 33 heavy (non-hydrogen) atoms. The fourth-order valence-electron chi connectivity index (χ4n) is 4.15. The molecule has 178 valence electrons. The third kappa shape index (κ3) is 5.66. The summed E-state index contributed by atoms with van der Waals surface area (Å²) < 4.78 is 38.0. The van der Waals surface area contributed by atoms with E-state index >= 15 is 0 Å². The molecule has 1 aliphatic carbocycles. The topological polar surface area (TPSA) is 88.2 Å². The van der Waals surface area contributed by atoms with Crippen molar-refractivity contribution in [2.75, 3.05) is 39.2 Å².